The van der Waals surface area contributed by atoms with Gasteiger partial charge in [-0.05, 0) is 20.8 Å². The van der Waals surface area contributed by atoms with Crippen molar-refractivity contribution in [1.29, 1.82) is 5.26 Å². The van der Waals surface area contributed by atoms with Crippen LogP contribution in [0.25, 0.3) is 0 Å². The number of hydrogen-bond donors (Lipinski definition) is 1. The molecular formula is C18H17F3N2O4. The molecule has 1 aliphatic rings. The van der Waals surface area contributed by atoms with Crippen molar-refractivity contribution < 1.29 is 32.2 Å². The fourth-order valence-electron chi connectivity index (χ4n) is 2.77. The number of esters is 1. The number of carbonyl (C=O) groups excluding carboxylic acids is 1. The number of ether oxygens (including phenoxy) is 3. The standard InChI is InChI=1S/C18H17F3N2O4/c1-4-25-11-6-10(19)15(20)16(21)14(11)13-9(7-22)17(23)27-8(3)12(13)18(24)26-5-2/h6,13H,4-5,23H2,1-3H3. The van der Waals surface area contributed by atoms with Crippen LogP contribution in [0.1, 0.15) is 32.3 Å². The predicted molar refractivity (Wildman–Crippen MR) is 87.5 cm³/mol. The number of nitrogens with two attached hydrogens (primary N) is 1. The number of benzene rings is 1. The van der Waals surface area contributed by atoms with E-state index < -0.39 is 34.9 Å². The number of carbonyl (C=O) groups is 1. The molecule has 6 nitrogen and oxygen atoms in total. The summed E-state index contributed by atoms with van der Waals surface area (Å²) in [7, 11) is 0. The van der Waals surface area contributed by atoms with Gasteiger partial charge in [-0.2, -0.15) is 5.26 Å². The van der Waals surface area contributed by atoms with Gasteiger partial charge in [0.2, 0.25) is 5.88 Å². The molecule has 0 aliphatic carbocycles. The summed E-state index contributed by atoms with van der Waals surface area (Å²) in [5.41, 5.74) is 4.55. The summed E-state index contributed by atoms with van der Waals surface area (Å²) in [6.45, 7) is 4.45. The molecule has 0 radical (unpaired) electrons. The Morgan fingerprint density at radius 1 is 1.30 bits per heavy atom. The quantitative estimate of drug-likeness (QED) is 0.621. The molecule has 0 spiro atoms. The Kier molecular flexibility index (Phi) is 6.00. The maximum Gasteiger partial charge on any atom is 0.338 e. The van der Waals surface area contributed by atoms with Crippen LogP contribution >= 0.6 is 0 Å². The number of nitrogens with zero attached hydrogens (tertiary/aromatic N) is 1. The molecule has 0 amide bonds. The van der Waals surface area contributed by atoms with E-state index in [4.69, 9.17) is 19.9 Å². The summed E-state index contributed by atoms with van der Waals surface area (Å²) >= 11 is 0. The first-order chi connectivity index (χ1) is 12.8. The lowest BCUT2D eigenvalue weighted by molar-refractivity contribution is -0.139. The molecule has 0 bridgehead atoms. The molecule has 0 aromatic heterocycles. The number of rotatable bonds is 5. The lowest BCUT2D eigenvalue weighted by Gasteiger charge is -2.28. The molecule has 0 fully saturated rings. The molecule has 1 heterocycles. The molecular weight excluding hydrogens is 365 g/mol. The monoisotopic (exact) mass is 382 g/mol. The lowest BCUT2D eigenvalue weighted by atomic mass is 9.82. The van der Waals surface area contributed by atoms with Crippen molar-refractivity contribution in [3.05, 3.63) is 51.9 Å². The van der Waals surface area contributed by atoms with Crippen LogP contribution in [0.5, 0.6) is 5.75 Å². The minimum atomic E-state index is -1.77. The fourth-order valence-corrected chi connectivity index (χ4v) is 2.77. The maximum absolute atomic E-state index is 14.7. The van der Waals surface area contributed by atoms with Crippen LogP contribution in [0.3, 0.4) is 0 Å². The lowest BCUT2D eigenvalue weighted by Crippen LogP contribution is -2.27. The van der Waals surface area contributed by atoms with Crippen LogP contribution in [-0.4, -0.2) is 19.2 Å². The van der Waals surface area contributed by atoms with Gasteiger partial charge in [0.05, 0.1) is 24.7 Å². The van der Waals surface area contributed by atoms with E-state index in [1.807, 2.05) is 0 Å². The van der Waals surface area contributed by atoms with Crippen LogP contribution in [-0.2, 0) is 14.3 Å². The SMILES string of the molecule is CCOC(=O)C1=C(C)OC(N)=C(C#N)C1c1c(OCC)cc(F)c(F)c1F. The van der Waals surface area contributed by atoms with E-state index in [1.165, 1.54) is 6.92 Å². The zero-order valence-electron chi connectivity index (χ0n) is 14.9. The number of hydrogen-bond acceptors (Lipinski definition) is 6. The number of allylic oxidation sites excluding steroid dienone is 2. The highest BCUT2D eigenvalue weighted by Crippen LogP contribution is 2.45. The van der Waals surface area contributed by atoms with Gasteiger partial charge in [0, 0.05) is 11.6 Å². The van der Waals surface area contributed by atoms with Crippen LogP contribution < -0.4 is 10.5 Å². The molecule has 9 heteroatoms. The van der Waals surface area contributed by atoms with E-state index in [2.05, 4.69) is 0 Å². The van der Waals surface area contributed by atoms with Gasteiger partial charge < -0.3 is 19.9 Å². The second-order valence-electron chi connectivity index (χ2n) is 5.45. The summed E-state index contributed by atoms with van der Waals surface area (Å²) in [4.78, 5) is 12.4. The predicted octanol–water partition coefficient (Wildman–Crippen LogP) is 3.15. The summed E-state index contributed by atoms with van der Waals surface area (Å²) in [6, 6.07) is 2.38. The van der Waals surface area contributed by atoms with Crippen LogP contribution in [0.15, 0.2) is 28.9 Å². The average Bonchev–Trinajstić information content (AvgIpc) is 2.60. The van der Waals surface area contributed by atoms with Crippen LogP contribution in [0.2, 0.25) is 0 Å². The minimum absolute atomic E-state index is 0.000742. The zero-order chi connectivity index (χ0) is 20.3. The van der Waals surface area contributed by atoms with Gasteiger partial charge in [-0.1, -0.05) is 0 Å². The molecule has 2 N–H and O–H groups in total. The van der Waals surface area contributed by atoms with Crippen molar-refractivity contribution in [2.75, 3.05) is 13.2 Å². The number of halogens is 3. The van der Waals surface area contributed by atoms with Crippen molar-refractivity contribution in [3.8, 4) is 11.8 Å². The van der Waals surface area contributed by atoms with Gasteiger partial charge >= 0.3 is 5.97 Å². The topological polar surface area (TPSA) is 94.6 Å². The van der Waals surface area contributed by atoms with Gasteiger partial charge in [0.15, 0.2) is 17.5 Å². The van der Waals surface area contributed by atoms with E-state index in [9.17, 15) is 23.2 Å². The van der Waals surface area contributed by atoms with Crippen LogP contribution in [0, 0.1) is 28.8 Å². The Hall–Kier alpha value is -3.15. The Balaban J connectivity index is 2.85. The third-order valence-corrected chi connectivity index (χ3v) is 3.85. The molecule has 0 saturated heterocycles. The molecule has 1 aliphatic heterocycles. The summed E-state index contributed by atoms with van der Waals surface area (Å²) < 4.78 is 57.8. The van der Waals surface area contributed by atoms with Gasteiger partial charge in [0.25, 0.3) is 0 Å². The van der Waals surface area contributed by atoms with Crippen molar-refractivity contribution in [2.24, 2.45) is 5.73 Å². The largest absolute Gasteiger partial charge is 0.493 e. The molecule has 2 rings (SSSR count). The second kappa shape index (κ2) is 8.03. The van der Waals surface area contributed by atoms with Gasteiger partial charge in [-0.25, -0.2) is 18.0 Å². The molecule has 27 heavy (non-hydrogen) atoms. The molecule has 144 valence electrons. The van der Waals surface area contributed by atoms with Gasteiger partial charge in [-0.15, -0.1) is 0 Å². The van der Waals surface area contributed by atoms with E-state index in [0.29, 0.717) is 6.07 Å². The van der Waals surface area contributed by atoms with E-state index in [0.717, 1.165) is 0 Å². The highest BCUT2D eigenvalue weighted by Gasteiger charge is 2.40. The Morgan fingerprint density at radius 3 is 2.52 bits per heavy atom. The van der Waals surface area contributed by atoms with E-state index >= 15 is 0 Å². The molecule has 1 unspecified atom stereocenters. The van der Waals surface area contributed by atoms with Gasteiger partial charge in [0.1, 0.15) is 23.2 Å². The third-order valence-electron chi connectivity index (χ3n) is 3.85. The van der Waals surface area contributed by atoms with Gasteiger partial charge in [-0.3, -0.25) is 0 Å². The second-order valence-corrected chi connectivity index (χ2v) is 5.45. The minimum Gasteiger partial charge on any atom is -0.493 e. The Labute approximate surface area is 153 Å². The average molecular weight is 382 g/mol. The molecule has 1 aromatic rings. The number of nitriles is 1. The Morgan fingerprint density at radius 2 is 1.96 bits per heavy atom. The molecule has 1 aromatic carbocycles. The fraction of sp³-hybridized carbons (Fsp3) is 0.333. The van der Waals surface area contributed by atoms with Crippen molar-refractivity contribution in [1.82, 2.24) is 0 Å². The highest BCUT2D eigenvalue weighted by molar-refractivity contribution is 5.92. The van der Waals surface area contributed by atoms with E-state index in [-0.39, 0.29) is 41.8 Å². The van der Waals surface area contributed by atoms with Crippen molar-refractivity contribution in [3.63, 3.8) is 0 Å². The highest BCUT2D eigenvalue weighted by atomic mass is 19.2. The first-order valence-electron chi connectivity index (χ1n) is 8.03. The molecule has 1 atom stereocenters. The Bertz CT molecular complexity index is 888. The smallest absolute Gasteiger partial charge is 0.338 e. The zero-order valence-corrected chi connectivity index (χ0v) is 14.9. The van der Waals surface area contributed by atoms with Crippen molar-refractivity contribution in [2.45, 2.75) is 26.7 Å². The first kappa shape index (κ1) is 20.2. The maximum atomic E-state index is 14.7. The normalized spacial score (nSPS) is 16.7. The van der Waals surface area contributed by atoms with Crippen molar-refractivity contribution >= 4 is 5.97 Å². The summed E-state index contributed by atoms with van der Waals surface area (Å²) in [5.74, 6) is -8.04. The first-order valence-corrected chi connectivity index (χ1v) is 8.03. The summed E-state index contributed by atoms with van der Waals surface area (Å²) in [6.07, 6.45) is 0. The van der Waals surface area contributed by atoms with E-state index in [1.54, 1.807) is 19.9 Å². The summed E-state index contributed by atoms with van der Waals surface area (Å²) in [5, 5.41) is 9.47. The van der Waals surface area contributed by atoms with Crippen LogP contribution in [0.4, 0.5) is 13.2 Å². The third kappa shape index (κ3) is 3.56. The molecule has 0 saturated carbocycles.